The Bertz CT molecular complexity index is 433. The summed E-state index contributed by atoms with van der Waals surface area (Å²) in [5.41, 5.74) is 1.92. The summed E-state index contributed by atoms with van der Waals surface area (Å²) in [7, 11) is 0. The molecule has 0 saturated carbocycles. The summed E-state index contributed by atoms with van der Waals surface area (Å²) in [6.45, 7) is 4.73. The van der Waals surface area contributed by atoms with Crippen molar-refractivity contribution in [1.29, 1.82) is 0 Å². The van der Waals surface area contributed by atoms with Crippen LogP contribution in [0.1, 0.15) is 12.5 Å². The third kappa shape index (κ3) is 3.45. The summed E-state index contributed by atoms with van der Waals surface area (Å²) in [5, 5.41) is 12.0. The second-order valence-electron chi connectivity index (χ2n) is 4.94. The second kappa shape index (κ2) is 6.04. The quantitative estimate of drug-likeness (QED) is 0.853. The van der Waals surface area contributed by atoms with Gasteiger partial charge in [-0.3, -0.25) is 0 Å². The lowest BCUT2D eigenvalue weighted by Crippen LogP contribution is -2.53. The van der Waals surface area contributed by atoms with Gasteiger partial charge in [0.2, 0.25) is 0 Å². The maximum atomic E-state index is 12.2. The molecule has 2 unspecified atom stereocenters. The Kier molecular flexibility index (Phi) is 4.39. The van der Waals surface area contributed by atoms with Crippen LogP contribution in [-0.2, 0) is 4.74 Å². The Morgan fingerprint density at radius 1 is 1.47 bits per heavy atom. The lowest BCUT2D eigenvalue weighted by Gasteiger charge is -2.37. The largest absolute Gasteiger partial charge is 0.394 e. The van der Waals surface area contributed by atoms with Gasteiger partial charge in [0.05, 0.1) is 31.9 Å². The zero-order valence-electron chi connectivity index (χ0n) is 11.3. The number of nitrogens with zero attached hydrogens (tertiary/aromatic N) is 1. The average Bonchev–Trinajstić information content (AvgIpc) is 2.42. The number of urea groups is 1. The van der Waals surface area contributed by atoms with Gasteiger partial charge >= 0.3 is 6.03 Å². The fourth-order valence-electron chi connectivity index (χ4n) is 2.04. The van der Waals surface area contributed by atoms with E-state index in [1.165, 1.54) is 0 Å². The topological polar surface area (TPSA) is 61.8 Å². The minimum atomic E-state index is -0.292. The van der Waals surface area contributed by atoms with Crippen molar-refractivity contribution in [3.8, 4) is 0 Å². The standard InChI is InChI=1S/C14H20N2O3/c1-10-3-5-12(6-4-10)15-14(18)16-7-13(8-17)19-9-11(16)2/h3-6,11,13,17H,7-9H2,1-2H3,(H,15,18). The van der Waals surface area contributed by atoms with E-state index < -0.39 is 0 Å². The maximum Gasteiger partial charge on any atom is 0.322 e. The molecular weight excluding hydrogens is 244 g/mol. The molecule has 1 aliphatic rings. The number of benzene rings is 1. The first-order chi connectivity index (χ1) is 9.10. The summed E-state index contributed by atoms with van der Waals surface area (Å²) in [5.74, 6) is 0. The molecule has 5 nitrogen and oxygen atoms in total. The average molecular weight is 264 g/mol. The molecule has 2 N–H and O–H groups in total. The van der Waals surface area contributed by atoms with Gasteiger partial charge in [-0.2, -0.15) is 0 Å². The molecule has 0 bridgehead atoms. The lowest BCUT2D eigenvalue weighted by atomic mass is 10.2. The number of hydrogen-bond donors (Lipinski definition) is 2. The smallest absolute Gasteiger partial charge is 0.322 e. The summed E-state index contributed by atoms with van der Waals surface area (Å²) >= 11 is 0. The first-order valence-electron chi connectivity index (χ1n) is 6.47. The van der Waals surface area contributed by atoms with E-state index in [0.29, 0.717) is 13.2 Å². The molecule has 2 rings (SSSR count). The minimum Gasteiger partial charge on any atom is -0.394 e. The molecule has 1 fully saturated rings. The number of morpholine rings is 1. The predicted octanol–water partition coefficient (Wildman–Crippen LogP) is 1.61. The number of aryl methyl sites for hydroxylation is 1. The number of nitrogens with one attached hydrogen (secondary N) is 1. The van der Waals surface area contributed by atoms with E-state index in [1.54, 1.807) is 4.90 Å². The number of rotatable bonds is 2. The van der Waals surface area contributed by atoms with Gasteiger partial charge in [-0.25, -0.2) is 4.79 Å². The SMILES string of the molecule is Cc1ccc(NC(=O)N2CC(CO)OCC2C)cc1. The van der Waals surface area contributed by atoms with Crippen molar-refractivity contribution < 1.29 is 14.6 Å². The van der Waals surface area contributed by atoms with Crippen LogP contribution in [0.3, 0.4) is 0 Å². The van der Waals surface area contributed by atoms with Crippen molar-refractivity contribution in [2.45, 2.75) is 26.0 Å². The van der Waals surface area contributed by atoms with Gasteiger partial charge in [0.15, 0.2) is 0 Å². The number of aliphatic hydroxyl groups excluding tert-OH is 1. The highest BCUT2D eigenvalue weighted by Gasteiger charge is 2.29. The fourth-order valence-corrected chi connectivity index (χ4v) is 2.04. The molecule has 1 saturated heterocycles. The number of anilines is 1. The van der Waals surface area contributed by atoms with Gasteiger partial charge in [-0.1, -0.05) is 17.7 Å². The van der Waals surface area contributed by atoms with Crippen LogP contribution < -0.4 is 5.32 Å². The summed E-state index contributed by atoms with van der Waals surface area (Å²) in [6, 6.07) is 7.51. The van der Waals surface area contributed by atoms with Gasteiger partial charge in [0, 0.05) is 5.69 Å². The minimum absolute atomic E-state index is 0.00764. The summed E-state index contributed by atoms with van der Waals surface area (Å²) < 4.78 is 5.41. The molecule has 0 spiro atoms. The van der Waals surface area contributed by atoms with Crippen LogP contribution in [0.5, 0.6) is 0 Å². The molecule has 1 aromatic carbocycles. The number of carbonyl (C=O) groups excluding carboxylic acids is 1. The fraction of sp³-hybridized carbons (Fsp3) is 0.500. The van der Waals surface area contributed by atoms with Gasteiger partial charge in [0.1, 0.15) is 0 Å². The monoisotopic (exact) mass is 264 g/mol. The van der Waals surface area contributed by atoms with Crippen molar-refractivity contribution in [3.63, 3.8) is 0 Å². The van der Waals surface area contributed by atoms with Crippen molar-refractivity contribution in [2.75, 3.05) is 25.1 Å². The Balaban J connectivity index is 2.00. The van der Waals surface area contributed by atoms with E-state index in [2.05, 4.69) is 5.32 Å². The zero-order valence-corrected chi connectivity index (χ0v) is 11.3. The Morgan fingerprint density at radius 2 is 2.16 bits per heavy atom. The first-order valence-corrected chi connectivity index (χ1v) is 6.47. The molecule has 1 aromatic rings. The first kappa shape index (κ1) is 13.8. The van der Waals surface area contributed by atoms with Crippen LogP contribution in [0.15, 0.2) is 24.3 Å². The Labute approximate surface area is 113 Å². The van der Waals surface area contributed by atoms with Crippen LogP contribution in [0.25, 0.3) is 0 Å². The van der Waals surface area contributed by atoms with Crippen LogP contribution >= 0.6 is 0 Å². The molecular formula is C14H20N2O3. The van der Waals surface area contributed by atoms with Gasteiger partial charge in [-0.15, -0.1) is 0 Å². The molecule has 2 amide bonds. The second-order valence-corrected chi connectivity index (χ2v) is 4.94. The van der Waals surface area contributed by atoms with Crippen LogP contribution in [-0.4, -0.2) is 47.9 Å². The third-order valence-electron chi connectivity index (χ3n) is 3.27. The number of hydrogen-bond acceptors (Lipinski definition) is 3. The lowest BCUT2D eigenvalue weighted by molar-refractivity contribution is -0.0611. The van der Waals surface area contributed by atoms with Crippen molar-refractivity contribution in [3.05, 3.63) is 29.8 Å². The van der Waals surface area contributed by atoms with Gasteiger partial charge < -0.3 is 20.1 Å². The van der Waals surface area contributed by atoms with E-state index in [9.17, 15) is 4.79 Å². The van der Waals surface area contributed by atoms with Crippen LogP contribution in [0.4, 0.5) is 10.5 Å². The van der Waals surface area contributed by atoms with Crippen LogP contribution in [0.2, 0.25) is 0 Å². The summed E-state index contributed by atoms with van der Waals surface area (Å²) in [4.78, 5) is 13.9. The molecule has 0 aromatic heterocycles. The van der Waals surface area contributed by atoms with Crippen molar-refractivity contribution in [1.82, 2.24) is 4.90 Å². The molecule has 19 heavy (non-hydrogen) atoms. The molecule has 5 heteroatoms. The normalized spacial score (nSPS) is 23.2. The van der Waals surface area contributed by atoms with E-state index >= 15 is 0 Å². The third-order valence-corrected chi connectivity index (χ3v) is 3.27. The molecule has 2 atom stereocenters. The predicted molar refractivity (Wildman–Crippen MR) is 73.2 cm³/mol. The van der Waals surface area contributed by atoms with Crippen LogP contribution in [0, 0.1) is 6.92 Å². The molecule has 1 aliphatic heterocycles. The van der Waals surface area contributed by atoms with E-state index in [-0.39, 0.29) is 24.8 Å². The van der Waals surface area contributed by atoms with Crippen molar-refractivity contribution >= 4 is 11.7 Å². The molecule has 1 heterocycles. The highest BCUT2D eigenvalue weighted by molar-refractivity contribution is 5.89. The molecule has 104 valence electrons. The highest BCUT2D eigenvalue weighted by Crippen LogP contribution is 2.15. The maximum absolute atomic E-state index is 12.2. The summed E-state index contributed by atoms with van der Waals surface area (Å²) in [6.07, 6.45) is -0.292. The number of amides is 2. The van der Waals surface area contributed by atoms with Gasteiger partial charge in [0.25, 0.3) is 0 Å². The Hall–Kier alpha value is -1.59. The Morgan fingerprint density at radius 3 is 2.79 bits per heavy atom. The van der Waals surface area contributed by atoms with E-state index in [4.69, 9.17) is 9.84 Å². The zero-order chi connectivity index (χ0) is 13.8. The van der Waals surface area contributed by atoms with E-state index in [0.717, 1.165) is 11.3 Å². The highest BCUT2D eigenvalue weighted by atomic mass is 16.5. The van der Waals surface area contributed by atoms with Crippen molar-refractivity contribution in [2.24, 2.45) is 0 Å². The molecule has 0 aliphatic carbocycles. The number of carbonyl (C=O) groups is 1. The van der Waals surface area contributed by atoms with E-state index in [1.807, 2.05) is 38.1 Å². The number of ether oxygens (including phenoxy) is 1. The number of aliphatic hydroxyl groups is 1. The van der Waals surface area contributed by atoms with Gasteiger partial charge in [-0.05, 0) is 26.0 Å². The molecule has 0 radical (unpaired) electrons.